The SMILES string of the molecule is CC(C(=O)Nc1c(Cl)cc(N)cc1Cl)N(C)CC(F)F. The van der Waals surface area contributed by atoms with Crippen LogP contribution in [0.25, 0.3) is 0 Å². The van der Waals surface area contributed by atoms with Gasteiger partial charge in [0.2, 0.25) is 5.91 Å². The Bertz CT molecular complexity index is 477. The number of anilines is 2. The molecule has 1 atom stereocenters. The van der Waals surface area contributed by atoms with Crippen LogP contribution in [0, 0.1) is 0 Å². The second-order valence-electron chi connectivity index (χ2n) is 4.36. The number of benzene rings is 1. The van der Waals surface area contributed by atoms with Gasteiger partial charge in [0.25, 0.3) is 6.43 Å². The molecule has 0 saturated heterocycles. The Kier molecular flexibility index (Phi) is 5.98. The van der Waals surface area contributed by atoms with Crippen LogP contribution in [0.5, 0.6) is 0 Å². The summed E-state index contributed by atoms with van der Waals surface area (Å²) < 4.78 is 24.6. The highest BCUT2D eigenvalue weighted by Crippen LogP contribution is 2.32. The quantitative estimate of drug-likeness (QED) is 0.818. The molecule has 1 aromatic rings. The Morgan fingerprint density at radius 1 is 1.40 bits per heavy atom. The zero-order chi connectivity index (χ0) is 15.4. The number of amides is 1. The molecular weight excluding hydrogens is 311 g/mol. The average molecular weight is 326 g/mol. The molecule has 0 radical (unpaired) electrons. The molecule has 1 unspecified atom stereocenters. The van der Waals surface area contributed by atoms with Gasteiger partial charge in [0.1, 0.15) is 0 Å². The van der Waals surface area contributed by atoms with E-state index < -0.39 is 24.9 Å². The molecule has 0 bridgehead atoms. The molecule has 8 heteroatoms. The van der Waals surface area contributed by atoms with Crippen LogP contribution in [0.4, 0.5) is 20.2 Å². The van der Waals surface area contributed by atoms with Crippen LogP contribution in [0.15, 0.2) is 12.1 Å². The Morgan fingerprint density at radius 2 is 1.90 bits per heavy atom. The van der Waals surface area contributed by atoms with Gasteiger partial charge < -0.3 is 11.1 Å². The Morgan fingerprint density at radius 3 is 2.35 bits per heavy atom. The van der Waals surface area contributed by atoms with E-state index in [-0.39, 0.29) is 15.7 Å². The zero-order valence-electron chi connectivity index (χ0n) is 11.0. The van der Waals surface area contributed by atoms with E-state index in [2.05, 4.69) is 5.32 Å². The summed E-state index contributed by atoms with van der Waals surface area (Å²) in [7, 11) is 1.43. The molecule has 0 heterocycles. The first-order chi connectivity index (χ1) is 9.22. The Labute approximate surface area is 125 Å². The van der Waals surface area contributed by atoms with Gasteiger partial charge in [0.15, 0.2) is 0 Å². The lowest BCUT2D eigenvalue weighted by Gasteiger charge is -2.23. The second-order valence-corrected chi connectivity index (χ2v) is 5.17. The number of nitrogens with zero attached hydrogens (tertiary/aromatic N) is 1. The molecule has 20 heavy (non-hydrogen) atoms. The van der Waals surface area contributed by atoms with Crippen LogP contribution in [-0.4, -0.2) is 36.9 Å². The maximum Gasteiger partial charge on any atom is 0.251 e. The predicted octanol–water partition coefficient (Wildman–Crippen LogP) is 3.10. The van der Waals surface area contributed by atoms with Crippen molar-refractivity contribution in [3.63, 3.8) is 0 Å². The van der Waals surface area contributed by atoms with Crippen LogP contribution < -0.4 is 11.1 Å². The third-order valence-corrected chi connectivity index (χ3v) is 3.38. The highest BCUT2D eigenvalue weighted by atomic mass is 35.5. The van der Waals surface area contributed by atoms with Crippen molar-refractivity contribution < 1.29 is 13.6 Å². The van der Waals surface area contributed by atoms with E-state index in [9.17, 15) is 13.6 Å². The highest BCUT2D eigenvalue weighted by molar-refractivity contribution is 6.40. The van der Waals surface area contributed by atoms with E-state index in [0.717, 1.165) is 0 Å². The summed E-state index contributed by atoms with van der Waals surface area (Å²) >= 11 is 11.9. The van der Waals surface area contributed by atoms with Gasteiger partial charge in [0.05, 0.1) is 28.3 Å². The minimum absolute atomic E-state index is 0.187. The standard InChI is InChI=1S/C12H15Cl2F2N3O/c1-6(19(2)5-10(15)16)12(20)18-11-8(13)3-7(17)4-9(11)14/h3-4,6,10H,5,17H2,1-2H3,(H,18,20). The second kappa shape index (κ2) is 7.06. The molecule has 0 aliphatic carbocycles. The molecule has 112 valence electrons. The summed E-state index contributed by atoms with van der Waals surface area (Å²) in [5.74, 6) is -0.485. The van der Waals surface area contributed by atoms with E-state index in [4.69, 9.17) is 28.9 Å². The van der Waals surface area contributed by atoms with Crippen LogP contribution in [-0.2, 0) is 4.79 Å². The van der Waals surface area contributed by atoms with Crippen molar-refractivity contribution in [2.45, 2.75) is 19.4 Å². The lowest BCUT2D eigenvalue weighted by atomic mass is 10.2. The van der Waals surface area contributed by atoms with Gasteiger partial charge in [-0.2, -0.15) is 0 Å². The lowest BCUT2D eigenvalue weighted by molar-refractivity contribution is -0.120. The number of carbonyl (C=O) groups excluding carboxylic acids is 1. The van der Waals surface area contributed by atoms with Crippen LogP contribution in [0.1, 0.15) is 6.92 Å². The fourth-order valence-corrected chi connectivity index (χ4v) is 2.11. The maximum atomic E-state index is 12.3. The Balaban J connectivity index is 2.81. The third kappa shape index (κ3) is 4.47. The number of likely N-dealkylation sites (N-methyl/N-ethyl adjacent to an activating group) is 1. The topological polar surface area (TPSA) is 58.4 Å². The molecule has 0 fully saturated rings. The Hall–Kier alpha value is -1.11. The third-order valence-electron chi connectivity index (χ3n) is 2.78. The number of hydrogen-bond donors (Lipinski definition) is 2. The molecule has 1 amide bonds. The van der Waals surface area contributed by atoms with E-state index in [1.165, 1.54) is 31.0 Å². The first kappa shape index (κ1) is 16.9. The number of halogens is 4. The van der Waals surface area contributed by atoms with Crippen molar-refractivity contribution in [1.82, 2.24) is 4.90 Å². The molecular formula is C12H15Cl2F2N3O. The highest BCUT2D eigenvalue weighted by Gasteiger charge is 2.22. The largest absolute Gasteiger partial charge is 0.399 e. The molecule has 0 aliphatic rings. The lowest BCUT2D eigenvalue weighted by Crippen LogP contribution is -2.41. The minimum Gasteiger partial charge on any atom is -0.399 e. The summed E-state index contributed by atoms with van der Waals surface area (Å²) in [6, 6.07) is 2.13. The fraction of sp³-hybridized carbons (Fsp3) is 0.417. The number of nitrogens with two attached hydrogens (primary N) is 1. The van der Waals surface area contributed by atoms with Gasteiger partial charge in [-0.15, -0.1) is 0 Å². The van der Waals surface area contributed by atoms with Crippen LogP contribution in [0.2, 0.25) is 10.0 Å². The molecule has 1 rings (SSSR count). The van der Waals surface area contributed by atoms with Gasteiger partial charge in [-0.25, -0.2) is 8.78 Å². The average Bonchev–Trinajstić information content (AvgIpc) is 2.31. The van der Waals surface area contributed by atoms with Crippen molar-refractivity contribution in [1.29, 1.82) is 0 Å². The monoisotopic (exact) mass is 325 g/mol. The van der Waals surface area contributed by atoms with Gasteiger partial charge in [0, 0.05) is 5.69 Å². The predicted molar refractivity (Wildman–Crippen MR) is 77.6 cm³/mol. The van der Waals surface area contributed by atoms with E-state index >= 15 is 0 Å². The molecule has 3 N–H and O–H groups in total. The summed E-state index contributed by atoms with van der Waals surface area (Å²) in [5.41, 5.74) is 6.12. The normalized spacial score (nSPS) is 12.8. The van der Waals surface area contributed by atoms with Gasteiger partial charge >= 0.3 is 0 Å². The number of nitrogens with one attached hydrogen (secondary N) is 1. The van der Waals surface area contributed by atoms with Crippen molar-refractivity contribution in [3.05, 3.63) is 22.2 Å². The van der Waals surface area contributed by atoms with Gasteiger partial charge in [-0.1, -0.05) is 23.2 Å². The molecule has 0 saturated carbocycles. The minimum atomic E-state index is -2.51. The summed E-state index contributed by atoms with van der Waals surface area (Å²) in [5, 5.41) is 2.89. The summed E-state index contributed by atoms with van der Waals surface area (Å²) in [6.45, 7) is 1.01. The maximum absolute atomic E-state index is 12.3. The smallest absolute Gasteiger partial charge is 0.251 e. The summed E-state index contributed by atoms with van der Waals surface area (Å²) in [6.07, 6.45) is -2.51. The van der Waals surface area contributed by atoms with E-state index in [1.807, 2.05) is 0 Å². The van der Waals surface area contributed by atoms with Crippen molar-refractivity contribution >= 4 is 40.5 Å². The van der Waals surface area contributed by atoms with E-state index in [1.54, 1.807) is 0 Å². The molecule has 0 aliphatic heterocycles. The number of carbonyl (C=O) groups is 1. The molecule has 0 aromatic heterocycles. The number of alkyl halides is 2. The fourth-order valence-electron chi connectivity index (χ4n) is 1.52. The molecule has 4 nitrogen and oxygen atoms in total. The van der Waals surface area contributed by atoms with Crippen LogP contribution >= 0.6 is 23.2 Å². The van der Waals surface area contributed by atoms with Crippen molar-refractivity contribution in [2.24, 2.45) is 0 Å². The molecule has 0 spiro atoms. The summed E-state index contributed by atoms with van der Waals surface area (Å²) in [4.78, 5) is 13.2. The number of nitrogen functional groups attached to an aromatic ring is 1. The van der Waals surface area contributed by atoms with Crippen LogP contribution in [0.3, 0.4) is 0 Å². The van der Waals surface area contributed by atoms with Gasteiger partial charge in [-0.05, 0) is 26.1 Å². The zero-order valence-corrected chi connectivity index (χ0v) is 12.5. The van der Waals surface area contributed by atoms with Crippen molar-refractivity contribution in [3.8, 4) is 0 Å². The van der Waals surface area contributed by atoms with E-state index in [0.29, 0.717) is 5.69 Å². The molecule has 1 aromatic carbocycles. The first-order valence-corrected chi connectivity index (χ1v) is 6.51. The van der Waals surface area contributed by atoms with Crippen molar-refractivity contribution in [2.75, 3.05) is 24.6 Å². The number of hydrogen-bond acceptors (Lipinski definition) is 3. The number of rotatable bonds is 5. The first-order valence-electron chi connectivity index (χ1n) is 5.76. The van der Waals surface area contributed by atoms with Gasteiger partial charge in [-0.3, -0.25) is 9.69 Å².